The number of halogens is 2. The lowest BCUT2D eigenvalue weighted by molar-refractivity contribution is 0.0682. The molecule has 0 unspecified atom stereocenters. The Morgan fingerprint density at radius 3 is 2.37 bits per heavy atom. The second-order valence-electron chi connectivity index (χ2n) is 5.49. The van der Waals surface area contributed by atoms with Gasteiger partial charge >= 0.3 is 0 Å². The topological polar surface area (TPSA) is 45.4 Å². The Kier molecular flexibility index (Phi) is 4.14. The second-order valence-corrected chi connectivity index (χ2v) is 6.30. The van der Waals surface area contributed by atoms with Crippen LogP contribution < -0.4 is 10.6 Å². The maximum atomic E-state index is 6.21. The quantitative estimate of drug-likeness (QED) is 0.929. The number of nitrogen functional groups attached to an aromatic ring is 1. The molecule has 6 heteroatoms. The molecule has 1 heterocycles. The van der Waals surface area contributed by atoms with Gasteiger partial charge in [0.1, 0.15) is 11.6 Å². The molecule has 2 rings (SSSR count). The van der Waals surface area contributed by atoms with Gasteiger partial charge in [-0.1, -0.05) is 23.2 Å². The van der Waals surface area contributed by atoms with E-state index in [1.165, 1.54) is 19.3 Å². The van der Waals surface area contributed by atoms with Gasteiger partial charge in [0.05, 0.1) is 10.0 Å². The van der Waals surface area contributed by atoms with Crippen molar-refractivity contribution in [3.05, 3.63) is 16.1 Å². The number of nitrogens with two attached hydrogens (primary N) is 1. The van der Waals surface area contributed by atoms with Gasteiger partial charge in [-0.2, -0.15) is 0 Å². The molecule has 1 aromatic rings. The molecule has 19 heavy (non-hydrogen) atoms. The van der Waals surface area contributed by atoms with Crippen molar-refractivity contribution in [1.29, 1.82) is 0 Å². The minimum Gasteiger partial charge on any atom is -0.382 e. The Balaban J connectivity index is 2.20. The van der Waals surface area contributed by atoms with Crippen LogP contribution >= 0.6 is 23.2 Å². The molecular weight excluding hydrogens is 283 g/mol. The van der Waals surface area contributed by atoms with Crippen LogP contribution in [0.25, 0.3) is 0 Å². The van der Waals surface area contributed by atoms with Crippen molar-refractivity contribution in [2.24, 2.45) is 0 Å². The van der Waals surface area contributed by atoms with Crippen molar-refractivity contribution < 1.29 is 0 Å². The molecule has 2 N–H and O–H groups in total. The Bertz CT molecular complexity index is 472. The van der Waals surface area contributed by atoms with Crippen molar-refractivity contribution in [2.45, 2.75) is 24.8 Å². The number of aromatic nitrogens is 1. The van der Waals surface area contributed by atoms with Crippen molar-refractivity contribution in [2.75, 3.05) is 38.3 Å². The summed E-state index contributed by atoms with van der Waals surface area (Å²) in [6.45, 7) is 0.883. The van der Waals surface area contributed by atoms with E-state index in [1.54, 1.807) is 6.07 Å². The van der Waals surface area contributed by atoms with Crippen molar-refractivity contribution >= 4 is 34.8 Å². The fourth-order valence-electron chi connectivity index (χ4n) is 2.59. The van der Waals surface area contributed by atoms with Gasteiger partial charge in [-0.25, -0.2) is 4.98 Å². The first kappa shape index (κ1) is 14.7. The van der Waals surface area contributed by atoms with E-state index in [2.05, 4.69) is 28.9 Å². The Hall–Kier alpha value is -0.710. The van der Waals surface area contributed by atoms with Crippen LogP contribution in [0.2, 0.25) is 10.0 Å². The predicted molar refractivity (Wildman–Crippen MR) is 82.2 cm³/mol. The molecule has 0 aliphatic heterocycles. The third kappa shape index (κ3) is 2.76. The lowest BCUT2D eigenvalue weighted by atomic mass is 9.75. The van der Waals surface area contributed by atoms with Crippen LogP contribution in [0, 0.1) is 0 Å². The summed E-state index contributed by atoms with van der Waals surface area (Å²) < 4.78 is 0. The highest BCUT2D eigenvalue weighted by atomic mass is 35.5. The van der Waals surface area contributed by atoms with Crippen LogP contribution in [-0.2, 0) is 0 Å². The summed E-state index contributed by atoms with van der Waals surface area (Å²) >= 11 is 12.1. The largest absolute Gasteiger partial charge is 0.382 e. The molecule has 4 nitrogen and oxygen atoms in total. The molecule has 0 saturated heterocycles. The molecule has 0 aromatic carbocycles. The van der Waals surface area contributed by atoms with Crippen molar-refractivity contribution in [3.8, 4) is 0 Å². The summed E-state index contributed by atoms with van der Waals surface area (Å²) in [6, 6.07) is 1.65. The maximum absolute atomic E-state index is 6.21. The fourth-order valence-corrected chi connectivity index (χ4v) is 3.09. The Morgan fingerprint density at radius 1 is 1.26 bits per heavy atom. The zero-order valence-electron chi connectivity index (χ0n) is 11.6. The zero-order valence-corrected chi connectivity index (χ0v) is 13.1. The summed E-state index contributed by atoms with van der Waals surface area (Å²) in [5.74, 6) is 1.01. The van der Waals surface area contributed by atoms with E-state index >= 15 is 0 Å². The van der Waals surface area contributed by atoms with Gasteiger partial charge in [0, 0.05) is 19.1 Å². The van der Waals surface area contributed by atoms with Crippen LogP contribution in [0.15, 0.2) is 6.07 Å². The lowest BCUT2D eigenvalue weighted by Gasteiger charge is -2.49. The first-order chi connectivity index (χ1) is 8.85. The highest BCUT2D eigenvalue weighted by Crippen LogP contribution is 2.38. The minimum absolute atomic E-state index is 0.216. The van der Waals surface area contributed by atoms with E-state index < -0.39 is 0 Å². The second kappa shape index (κ2) is 5.35. The molecule has 0 atom stereocenters. The average Bonchev–Trinajstić information content (AvgIpc) is 2.27. The Labute approximate surface area is 124 Å². The highest BCUT2D eigenvalue weighted by Gasteiger charge is 2.40. The number of nitrogens with zero attached hydrogens (tertiary/aromatic N) is 3. The van der Waals surface area contributed by atoms with E-state index in [1.807, 2.05) is 7.05 Å². The summed E-state index contributed by atoms with van der Waals surface area (Å²) in [6.07, 6.45) is 3.67. The fraction of sp³-hybridized carbons (Fsp3) is 0.615. The van der Waals surface area contributed by atoms with Gasteiger partial charge in [0.2, 0.25) is 0 Å². The molecule has 106 valence electrons. The van der Waals surface area contributed by atoms with Crippen molar-refractivity contribution in [3.63, 3.8) is 0 Å². The first-order valence-corrected chi connectivity index (χ1v) is 7.11. The molecule has 0 spiro atoms. The number of hydrogen-bond donors (Lipinski definition) is 1. The molecule has 1 aliphatic carbocycles. The molecule has 1 fully saturated rings. The number of likely N-dealkylation sites (N-methyl/N-ethyl adjacent to an activating group) is 2. The molecule has 0 amide bonds. The van der Waals surface area contributed by atoms with Gasteiger partial charge in [0.15, 0.2) is 0 Å². The summed E-state index contributed by atoms with van der Waals surface area (Å²) in [5.41, 5.74) is 5.98. The smallest absolute Gasteiger partial charge is 0.149 e. The standard InChI is InChI=1S/C13H20Cl2N4/c1-18(2)13(5-4-6-13)8-19(3)12-10(15)7-9(14)11(16)17-12/h7H,4-6,8H2,1-3H3,(H2,16,17). The predicted octanol–water partition coefficient (Wildman–Crippen LogP) is 2.89. The molecular formula is C13H20Cl2N4. The monoisotopic (exact) mass is 302 g/mol. The van der Waals surface area contributed by atoms with Crippen LogP contribution in [0.5, 0.6) is 0 Å². The third-order valence-corrected chi connectivity index (χ3v) is 4.64. The summed E-state index contributed by atoms with van der Waals surface area (Å²) in [5, 5.41) is 0.933. The zero-order chi connectivity index (χ0) is 14.2. The van der Waals surface area contributed by atoms with Gasteiger partial charge in [-0.15, -0.1) is 0 Å². The molecule has 1 saturated carbocycles. The molecule has 1 aliphatic rings. The van der Waals surface area contributed by atoms with Gasteiger partial charge in [0.25, 0.3) is 0 Å². The van der Waals surface area contributed by atoms with E-state index in [0.29, 0.717) is 21.7 Å². The summed E-state index contributed by atoms with van der Waals surface area (Å²) in [7, 11) is 6.24. The van der Waals surface area contributed by atoms with E-state index in [4.69, 9.17) is 28.9 Å². The Morgan fingerprint density at radius 2 is 1.89 bits per heavy atom. The third-order valence-electron chi connectivity index (χ3n) is 4.06. The van der Waals surface area contributed by atoms with E-state index in [9.17, 15) is 0 Å². The lowest BCUT2D eigenvalue weighted by Crippen LogP contribution is -2.56. The molecule has 0 bridgehead atoms. The normalized spacial score (nSPS) is 17.4. The average molecular weight is 303 g/mol. The van der Waals surface area contributed by atoms with Gasteiger partial charge < -0.3 is 15.5 Å². The minimum atomic E-state index is 0.216. The van der Waals surface area contributed by atoms with Gasteiger partial charge in [-0.3, -0.25) is 0 Å². The highest BCUT2D eigenvalue weighted by molar-refractivity contribution is 6.37. The van der Waals surface area contributed by atoms with E-state index in [0.717, 1.165) is 6.54 Å². The first-order valence-electron chi connectivity index (χ1n) is 6.36. The molecule has 1 aromatic heterocycles. The number of pyridine rings is 1. The van der Waals surface area contributed by atoms with E-state index in [-0.39, 0.29) is 5.54 Å². The van der Waals surface area contributed by atoms with Crippen LogP contribution in [0.4, 0.5) is 11.6 Å². The van der Waals surface area contributed by atoms with Crippen LogP contribution in [0.3, 0.4) is 0 Å². The molecule has 0 radical (unpaired) electrons. The van der Waals surface area contributed by atoms with Crippen molar-refractivity contribution in [1.82, 2.24) is 9.88 Å². The van der Waals surface area contributed by atoms with Crippen LogP contribution in [0.1, 0.15) is 19.3 Å². The summed E-state index contributed by atoms with van der Waals surface area (Å²) in [4.78, 5) is 8.65. The SMILES string of the molecule is CN(CC1(N(C)C)CCC1)c1nc(N)c(Cl)cc1Cl. The number of hydrogen-bond acceptors (Lipinski definition) is 4. The number of rotatable bonds is 4. The number of anilines is 2. The maximum Gasteiger partial charge on any atom is 0.149 e. The van der Waals surface area contributed by atoms with Crippen LogP contribution in [-0.4, -0.2) is 43.1 Å². The van der Waals surface area contributed by atoms with Gasteiger partial charge in [-0.05, 0) is 39.4 Å².